The van der Waals surface area contributed by atoms with Crippen LogP contribution in [0.5, 0.6) is 0 Å². The van der Waals surface area contributed by atoms with Crippen molar-refractivity contribution in [3.05, 3.63) is 12.2 Å². The van der Waals surface area contributed by atoms with Gasteiger partial charge in [0.2, 0.25) is 5.91 Å². The molecule has 0 aliphatic heterocycles. The molecule has 0 saturated carbocycles. The fraction of sp³-hybridized carbons (Fsp3) is 0.920. The molecule has 2 atom stereocenters. The maximum absolute atomic E-state index is 12.1. The summed E-state index contributed by atoms with van der Waals surface area (Å²) in [5.74, 6) is -0.507. The molecule has 3 N–H and O–H groups in total. The number of hydrogen-bond donors (Lipinski definition) is 3. The lowest BCUT2D eigenvalue weighted by Gasteiger charge is -2.15. The molecule has 0 bridgehead atoms. The molecular formula is C50H98NO8P. The summed E-state index contributed by atoms with van der Waals surface area (Å²) >= 11 is 0. The first-order valence-corrected chi connectivity index (χ1v) is 27.2. The predicted octanol–water partition coefficient (Wildman–Crippen LogP) is 15.0. The average molecular weight is 872 g/mol. The van der Waals surface area contributed by atoms with Gasteiger partial charge in [-0.15, -0.1) is 0 Å². The number of aliphatic hydroxyl groups excluding tert-OH is 1. The van der Waals surface area contributed by atoms with Crippen molar-refractivity contribution in [1.29, 1.82) is 0 Å². The number of phosphoric ester groups is 1. The molecular weight excluding hydrogens is 774 g/mol. The molecule has 0 aliphatic carbocycles. The second-order valence-electron chi connectivity index (χ2n) is 17.5. The van der Waals surface area contributed by atoms with Crippen molar-refractivity contribution < 1.29 is 37.9 Å². The van der Waals surface area contributed by atoms with E-state index < -0.39 is 26.5 Å². The summed E-state index contributed by atoms with van der Waals surface area (Å²) in [7, 11) is -4.42. The Labute approximate surface area is 370 Å². The minimum Gasteiger partial charge on any atom is -0.463 e. The Hall–Kier alpha value is -1.25. The van der Waals surface area contributed by atoms with E-state index in [1.807, 2.05) is 0 Å². The van der Waals surface area contributed by atoms with E-state index in [0.29, 0.717) is 6.42 Å². The molecule has 0 aliphatic rings. The van der Waals surface area contributed by atoms with Crippen molar-refractivity contribution in [1.82, 2.24) is 5.32 Å². The maximum atomic E-state index is 12.1. The molecule has 0 spiro atoms. The first-order chi connectivity index (χ1) is 29.3. The van der Waals surface area contributed by atoms with Crippen LogP contribution in [0, 0.1) is 0 Å². The van der Waals surface area contributed by atoms with Gasteiger partial charge in [-0.3, -0.25) is 18.6 Å². The molecule has 0 saturated heterocycles. The van der Waals surface area contributed by atoms with Crippen LogP contribution in [-0.2, 0) is 27.9 Å². The lowest BCUT2D eigenvalue weighted by atomic mass is 10.0. The quantitative estimate of drug-likeness (QED) is 0.0238. The second-order valence-corrected chi connectivity index (χ2v) is 19.0. The number of amides is 1. The number of aliphatic hydroxyl groups is 1. The van der Waals surface area contributed by atoms with E-state index in [1.165, 1.54) is 199 Å². The summed E-state index contributed by atoms with van der Waals surface area (Å²) in [6.07, 6.45) is 51.5. The molecule has 0 aromatic carbocycles. The standard InChI is InChI=1S/C50H98NO8P/c1-3-5-7-9-11-13-15-17-19-21-23-24-25-26-28-30-32-34-36-38-40-42-49(53)51-44-45-58-60(55,56)59-47-48(52)46-57-50(54)43-41-39-37-35-33-31-29-27-22-20-18-16-14-12-10-8-6-4-2/h20,22,48,52H,3-19,21,23-47H2,1-2H3,(H,51,53)(H,55,56)/b22-20-. The fourth-order valence-electron chi connectivity index (χ4n) is 7.55. The van der Waals surface area contributed by atoms with Crippen LogP contribution in [0.25, 0.3) is 0 Å². The molecule has 10 heteroatoms. The van der Waals surface area contributed by atoms with E-state index >= 15 is 0 Å². The smallest absolute Gasteiger partial charge is 0.463 e. The first kappa shape index (κ1) is 58.8. The van der Waals surface area contributed by atoms with Gasteiger partial charge in [0.1, 0.15) is 12.7 Å². The molecule has 60 heavy (non-hydrogen) atoms. The average Bonchev–Trinajstić information content (AvgIpc) is 3.23. The van der Waals surface area contributed by atoms with E-state index in [1.54, 1.807) is 0 Å². The molecule has 1 amide bonds. The van der Waals surface area contributed by atoms with E-state index in [4.69, 9.17) is 13.8 Å². The third-order valence-electron chi connectivity index (χ3n) is 11.4. The van der Waals surface area contributed by atoms with Gasteiger partial charge >= 0.3 is 13.8 Å². The van der Waals surface area contributed by atoms with E-state index in [2.05, 4.69) is 31.3 Å². The zero-order chi connectivity index (χ0) is 43.9. The molecule has 0 fully saturated rings. The summed E-state index contributed by atoms with van der Waals surface area (Å²) in [5.41, 5.74) is 0. The lowest BCUT2D eigenvalue weighted by Crippen LogP contribution is -2.27. The minimum atomic E-state index is -4.42. The van der Waals surface area contributed by atoms with Crippen LogP contribution in [0.2, 0.25) is 0 Å². The Morgan fingerprint density at radius 1 is 0.500 bits per heavy atom. The Kier molecular flexibility index (Phi) is 46.3. The van der Waals surface area contributed by atoms with Crippen LogP contribution < -0.4 is 5.32 Å². The van der Waals surface area contributed by atoms with Gasteiger partial charge in [0.25, 0.3) is 0 Å². The van der Waals surface area contributed by atoms with Gasteiger partial charge in [-0.05, 0) is 38.5 Å². The summed E-state index contributed by atoms with van der Waals surface area (Å²) in [6.45, 7) is 3.60. The molecule has 0 rings (SSSR count). The van der Waals surface area contributed by atoms with Gasteiger partial charge < -0.3 is 20.1 Å². The van der Waals surface area contributed by atoms with Crippen molar-refractivity contribution in [2.24, 2.45) is 0 Å². The van der Waals surface area contributed by atoms with Crippen molar-refractivity contribution in [2.75, 3.05) is 26.4 Å². The van der Waals surface area contributed by atoms with Crippen LogP contribution in [0.1, 0.15) is 264 Å². The predicted molar refractivity (Wildman–Crippen MR) is 252 cm³/mol. The van der Waals surface area contributed by atoms with Gasteiger partial charge in [0.15, 0.2) is 0 Å². The highest BCUT2D eigenvalue weighted by Gasteiger charge is 2.23. The zero-order valence-corrected chi connectivity index (χ0v) is 40.3. The maximum Gasteiger partial charge on any atom is 0.472 e. The van der Waals surface area contributed by atoms with Crippen LogP contribution >= 0.6 is 7.82 Å². The number of rotatable bonds is 49. The van der Waals surface area contributed by atoms with E-state index in [9.17, 15) is 24.2 Å². The molecule has 0 heterocycles. The van der Waals surface area contributed by atoms with Crippen LogP contribution in [0.3, 0.4) is 0 Å². The largest absolute Gasteiger partial charge is 0.472 e. The van der Waals surface area contributed by atoms with Gasteiger partial charge in [0, 0.05) is 19.4 Å². The van der Waals surface area contributed by atoms with Crippen molar-refractivity contribution in [3.63, 3.8) is 0 Å². The zero-order valence-electron chi connectivity index (χ0n) is 39.4. The summed E-state index contributed by atoms with van der Waals surface area (Å²) in [5, 5.41) is 12.7. The Balaban J connectivity index is 3.52. The fourth-order valence-corrected chi connectivity index (χ4v) is 8.31. The Bertz CT molecular complexity index is 995. The number of phosphoric acid groups is 1. The van der Waals surface area contributed by atoms with Gasteiger partial charge in [0.05, 0.1) is 13.2 Å². The minimum absolute atomic E-state index is 0.0865. The second kappa shape index (κ2) is 47.2. The highest BCUT2D eigenvalue weighted by atomic mass is 31.2. The topological polar surface area (TPSA) is 131 Å². The number of carbonyl (C=O) groups is 2. The number of carbonyl (C=O) groups excluding carboxylic acids is 2. The van der Waals surface area contributed by atoms with Crippen molar-refractivity contribution in [2.45, 2.75) is 270 Å². The number of allylic oxidation sites excluding steroid dienone is 2. The monoisotopic (exact) mass is 872 g/mol. The molecule has 356 valence electrons. The van der Waals surface area contributed by atoms with Crippen LogP contribution in [-0.4, -0.2) is 54.3 Å². The third kappa shape index (κ3) is 47.8. The van der Waals surface area contributed by atoms with Crippen LogP contribution in [0.4, 0.5) is 0 Å². The number of unbranched alkanes of at least 4 members (excludes halogenated alkanes) is 34. The molecule has 0 radical (unpaired) electrons. The van der Waals surface area contributed by atoms with E-state index in [-0.39, 0.29) is 32.1 Å². The van der Waals surface area contributed by atoms with Gasteiger partial charge in [-0.25, -0.2) is 4.57 Å². The molecule has 0 aromatic heterocycles. The Morgan fingerprint density at radius 3 is 1.25 bits per heavy atom. The first-order valence-electron chi connectivity index (χ1n) is 25.7. The lowest BCUT2D eigenvalue weighted by molar-refractivity contribution is -0.147. The summed E-state index contributed by atoms with van der Waals surface area (Å²) in [6, 6.07) is 0. The number of esters is 1. The van der Waals surface area contributed by atoms with Crippen LogP contribution in [0.15, 0.2) is 12.2 Å². The van der Waals surface area contributed by atoms with E-state index in [0.717, 1.165) is 38.5 Å². The number of nitrogens with one attached hydrogen (secondary N) is 1. The SMILES string of the molecule is CCCCCCCCC/C=C\CCCCCCCCCC(=O)OCC(O)COP(=O)(O)OCCNC(=O)CCCCCCCCCCCCCCCCCCCCCCC. The highest BCUT2D eigenvalue weighted by molar-refractivity contribution is 7.47. The van der Waals surface area contributed by atoms with Gasteiger partial charge in [-0.1, -0.05) is 225 Å². The highest BCUT2D eigenvalue weighted by Crippen LogP contribution is 2.42. The molecule has 9 nitrogen and oxygen atoms in total. The molecule has 2 unspecified atom stereocenters. The van der Waals surface area contributed by atoms with Gasteiger partial charge in [-0.2, -0.15) is 0 Å². The third-order valence-corrected chi connectivity index (χ3v) is 12.4. The summed E-state index contributed by atoms with van der Waals surface area (Å²) < 4.78 is 27.0. The summed E-state index contributed by atoms with van der Waals surface area (Å²) in [4.78, 5) is 34.1. The van der Waals surface area contributed by atoms with Crippen molar-refractivity contribution in [3.8, 4) is 0 Å². The number of ether oxygens (including phenoxy) is 1. The normalized spacial score (nSPS) is 13.2. The van der Waals surface area contributed by atoms with Crippen molar-refractivity contribution >= 4 is 19.7 Å². The number of hydrogen-bond acceptors (Lipinski definition) is 7. The Morgan fingerprint density at radius 2 is 0.850 bits per heavy atom. The molecule has 0 aromatic rings.